The number of ether oxygens (including phenoxy) is 2. The van der Waals surface area contributed by atoms with Crippen LogP contribution in [0.4, 0.5) is 0 Å². The SMILES string of the molecule is CC(C)(C)[Si](OCCCCCC1=C[C@H]2C[C@@]3(COCCO3)C[C@@H]2C1)(c1ccccc1)c1ccccc1. The Morgan fingerprint density at radius 3 is 2.17 bits per heavy atom. The van der Waals surface area contributed by atoms with Crippen LogP contribution >= 0.6 is 0 Å². The van der Waals surface area contributed by atoms with Gasteiger partial charge in [0.15, 0.2) is 0 Å². The molecule has 36 heavy (non-hydrogen) atoms. The monoisotopic (exact) mass is 504 g/mol. The minimum Gasteiger partial charge on any atom is -0.407 e. The molecule has 2 aromatic carbocycles. The van der Waals surface area contributed by atoms with Crippen molar-refractivity contribution in [3.8, 4) is 0 Å². The van der Waals surface area contributed by atoms with E-state index >= 15 is 0 Å². The van der Waals surface area contributed by atoms with E-state index in [0.717, 1.165) is 45.2 Å². The van der Waals surface area contributed by atoms with Gasteiger partial charge in [-0.2, -0.15) is 0 Å². The van der Waals surface area contributed by atoms with Crippen molar-refractivity contribution in [2.24, 2.45) is 11.8 Å². The van der Waals surface area contributed by atoms with Gasteiger partial charge < -0.3 is 13.9 Å². The second kappa shape index (κ2) is 10.9. The number of allylic oxidation sites excluding steroid dienone is 2. The molecule has 0 amide bonds. The maximum absolute atomic E-state index is 7.06. The van der Waals surface area contributed by atoms with E-state index in [9.17, 15) is 0 Å². The fraction of sp³-hybridized carbons (Fsp3) is 0.562. The zero-order valence-corrected chi connectivity index (χ0v) is 23.5. The first-order valence-electron chi connectivity index (χ1n) is 14.1. The first kappa shape index (κ1) is 25.9. The van der Waals surface area contributed by atoms with Crippen molar-refractivity contribution in [1.82, 2.24) is 0 Å². The number of hydrogen-bond donors (Lipinski definition) is 0. The molecule has 5 rings (SSSR count). The Hall–Kier alpha value is -1.72. The molecule has 0 bridgehead atoms. The number of fused-ring (bicyclic) bond motifs is 1. The average molecular weight is 505 g/mol. The molecule has 1 aliphatic heterocycles. The Balaban J connectivity index is 1.15. The van der Waals surface area contributed by atoms with Crippen molar-refractivity contribution in [3.05, 3.63) is 72.3 Å². The second-order valence-electron chi connectivity index (χ2n) is 12.3. The van der Waals surface area contributed by atoms with Crippen LogP contribution in [0.25, 0.3) is 0 Å². The second-order valence-corrected chi connectivity index (χ2v) is 16.6. The minimum atomic E-state index is -2.40. The first-order chi connectivity index (χ1) is 17.4. The van der Waals surface area contributed by atoms with Crippen LogP contribution in [0.3, 0.4) is 0 Å². The molecule has 0 N–H and O–H groups in total. The molecule has 2 aliphatic carbocycles. The largest absolute Gasteiger partial charge is 0.407 e. The summed E-state index contributed by atoms with van der Waals surface area (Å²) in [6, 6.07) is 22.0. The average Bonchev–Trinajstić information content (AvgIpc) is 3.39. The molecule has 3 aliphatic rings. The Morgan fingerprint density at radius 2 is 1.58 bits per heavy atom. The zero-order valence-electron chi connectivity index (χ0n) is 22.5. The highest BCUT2D eigenvalue weighted by Gasteiger charge is 2.50. The molecule has 1 heterocycles. The summed E-state index contributed by atoms with van der Waals surface area (Å²) >= 11 is 0. The van der Waals surface area contributed by atoms with E-state index in [0.29, 0.717) is 5.92 Å². The van der Waals surface area contributed by atoms with E-state index in [4.69, 9.17) is 13.9 Å². The van der Waals surface area contributed by atoms with Gasteiger partial charge in [-0.05, 0) is 65.8 Å². The van der Waals surface area contributed by atoms with Crippen molar-refractivity contribution < 1.29 is 13.9 Å². The van der Waals surface area contributed by atoms with Crippen LogP contribution in [0.2, 0.25) is 5.04 Å². The van der Waals surface area contributed by atoms with Crippen LogP contribution in [0.5, 0.6) is 0 Å². The van der Waals surface area contributed by atoms with Crippen LogP contribution in [0.1, 0.15) is 65.7 Å². The molecular weight excluding hydrogens is 460 g/mol. The van der Waals surface area contributed by atoms with Gasteiger partial charge in [0.05, 0.1) is 25.4 Å². The summed E-state index contributed by atoms with van der Waals surface area (Å²) in [6.45, 7) is 10.2. The van der Waals surface area contributed by atoms with Crippen molar-refractivity contribution in [2.45, 2.75) is 76.4 Å². The van der Waals surface area contributed by atoms with E-state index in [1.165, 1.54) is 42.5 Å². The molecule has 0 unspecified atom stereocenters. The lowest BCUT2D eigenvalue weighted by molar-refractivity contribution is -0.155. The Bertz CT molecular complexity index is 965. The van der Waals surface area contributed by atoms with Gasteiger partial charge in [-0.3, -0.25) is 0 Å². The predicted octanol–water partition coefficient (Wildman–Crippen LogP) is 6.27. The van der Waals surface area contributed by atoms with Gasteiger partial charge in [-0.1, -0.05) is 99.5 Å². The van der Waals surface area contributed by atoms with Crippen LogP contribution in [-0.4, -0.2) is 40.3 Å². The summed E-state index contributed by atoms with van der Waals surface area (Å²) in [5.41, 5.74) is 1.71. The van der Waals surface area contributed by atoms with Gasteiger partial charge in [0.1, 0.15) is 0 Å². The zero-order chi connectivity index (χ0) is 25.1. The summed E-state index contributed by atoms with van der Waals surface area (Å²) in [5.74, 6) is 1.49. The highest BCUT2D eigenvalue weighted by Crippen LogP contribution is 2.50. The fourth-order valence-corrected chi connectivity index (χ4v) is 11.7. The van der Waals surface area contributed by atoms with Gasteiger partial charge in [-0.15, -0.1) is 0 Å². The lowest BCUT2D eigenvalue weighted by atomic mass is 9.95. The number of hydrogen-bond acceptors (Lipinski definition) is 3. The Morgan fingerprint density at radius 1 is 0.889 bits per heavy atom. The van der Waals surface area contributed by atoms with Gasteiger partial charge in [0, 0.05) is 6.61 Å². The highest BCUT2D eigenvalue weighted by molar-refractivity contribution is 6.99. The van der Waals surface area contributed by atoms with Crippen molar-refractivity contribution >= 4 is 18.7 Å². The normalized spacial score (nSPS) is 26.2. The molecule has 0 radical (unpaired) electrons. The van der Waals surface area contributed by atoms with E-state index in [2.05, 4.69) is 87.5 Å². The molecule has 2 aromatic rings. The molecule has 3 nitrogen and oxygen atoms in total. The van der Waals surface area contributed by atoms with Crippen LogP contribution in [0.15, 0.2) is 72.3 Å². The van der Waals surface area contributed by atoms with Gasteiger partial charge in [-0.25, -0.2) is 0 Å². The lowest BCUT2D eigenvalue weighted by Crippen LogP contribution is -2.66. The molecule has 1 spiro atoms. The quantitative estimate of drug-likeness (QED) is 0.229. The fourth-order valence-electron chi connectivity index (χ4n) is 7.09. The van der Waals surface area contributed by atoms with Crippen LogP contribution in [-0.2, 0) is 13.9 Å². The third-order valence-electron chi connectivity index (χ3n) is 8.70. The summed E-state index contributed by atoms with van der Waals surface area (Å²) in [4.78, 5) is 0. The number of rotatable bonds is 9. The van der Waals surface area contributed by atoms with Crippen molar-refractivity contribution in [1.29, 1.82) is 0 Å². The lowest BCUT2D eigenvalue weighted by Gasteiger charge is -2.43. The molecule has 3 atom stereocenters. The first-order valence-corrected chi connectivity index (χ1v) is 16.0. The maximum atomic E-state index is 7.06. The van der Waals surface area contributed by atoms with E-state index in [1.807, 2.05) is 0 Å². The standard InChI is InChI=1S/C32H44O3Si/c1-31(2,3)36(29-14-8-4-9-15-29,30-16-10-5-11-17-30)35-18-12-6-7-13-26-21-27-23-32(24-28(27)22-26)25-33-19-20-34-32/h4-5,8-11,14-17,21,27-28H,6-7,12-13,18-20,22-25H2,1-3H3/t27-,28-,32-/m0/s1. The number of unbranched alkanes of at least 4 members (excludes halogenated alkanes) is 2. The predicted molar refractivity (Wildman–Crippen MR) is 150 cm³/mol. The Labute approximate surface area is 219 Å². The van der Waals surface area contributed by atoms with E-state index < -0.39 is 8.32 Å². The number of benzene rings is 2. The molecule has 4 heteroatoms. The third kappa shape index (κ3) is 5.29. The van der Waals surface area contributed by atoms with Crippen LogP contribution < -0.4 is 10.4 Å². The van der Waals surface area contributed by atoms with E-state index in [-0.39, 0.29) is 10.6 Å². The summed E-state index contributed by atoms with van der Waals surface area (Å²) in [7, 11) is -2.40. The van der Waals surface area contributed by atoms with Crippen LogP contribution in [0, 0.1) is 11.8 Å². The minimum absolute atomic E-state index is 0.0217. The van der Waals surface area contributed by atoms with Gasteiger partial charge >= 0.3 is 0 Å². The molecule has 1 saturated heterocycles. The topological polar surface area (TPSA) is 27.7 Å². The third-order valence-corrected chi connectivity index (χ3v) is 13.7. The molecular formula is C32H44O3Si. The van der Waals surface area contributed by atoms with Gasteiger partial charge in [0.25, 0.3) is 8.32 Å². The summed E-state index contributed by atoms with van der Waals surface area (Å²) in [6.07, 6.45) is 11.1. The smallest absolute Gasteiger partial charge is 0.261 e. The summed E-state index contributed by atoms with van der Waals surface area (Å²) < 4.78 is 19.0. The van der Waals surface area contributed by atoms with Gasteiger partial charge in [0.2, 0.25) is 0 Å². The summed E-state index contributed by atoms with van der Waals surface area (Å²) in [5, 5.41) is 2.79. The molecule has 0 aromatic heterocycles. The Kier molecular flexibility index (Phi) is 7.88. The van der Waals surface area contributed by atoms with E-state index in [1.54, 1.807) is 5.57 Å². The molecule has 2 fully saturated rings. The highest BCUT2D eigenvalue weighted by atomic mass is 28.4. The van der Waals surface area contributed by atoms with Crippen molar-refractivity contribution in [3.63, 3.8) is 0 Å². The maximum Gasteiger partial charge on any atom is 0.261 e. The molecule has 1 saturated carbocycles. The van der Waals surface area contributed by atoms with Crippen molar-refractivity contribution in [2.75, 3.05) is 26.4 Å². The molecule has 194 valence electrons.